The van der Waals surface area contributed by atoms with Gasteiger partial charge in [-0.3, -0.25) is 10.1 Å². The minimum absolute atomic E-state index is 0.770. The summed E-state index contributed by atoms with van der Waals surface area (Å²) >= 11 is 0. The van der Waals surface area contributed by atoms with Crippen LogP contribution < -0.4 is 5.32 Å². The van der Waals surface area contributed by atoms with E-state index in [2.05, 4.69) is 49.9 Å². The Morgan fingerprint density at radius 3 is 2.69 bits per heavy atom. The van der Waals surface area contributed by atoms with Crippen LogP contribution in [0.1, 0.15) is 11.1 Å². The van der Waals surface area contributed by atoms with Crippen molar-refractivity contribution in [2.24, 2.45) is 0 Å². The molecular weight excluding hydrogens is 324 g/mol. The van der Waals surface area contributed by atoms with Gasteiger partial charge in [0, 0.05) is 42.5 Å². The van der Waals surface area contributed by atoms with Gasteiger partial charge in [-0.1, -0.05) is 12.1 Å². The largest absolute Gasteiger partial charge is 0.312 e. The first kappa shape index (κ1) is 16.2. The molecule has 26 heavy (non-hydrogen) atoms. The highest BCUT2D eigenvalue weighted by molar-refractivity contribution is 5.61. The molecule has 6 nitrogen and oxygen atoms in total. The predicted octanol–water partition coefficient (Wildman–Crippen LogP) is 2.99. The molecule has 0 bridgehead atoms. The van der Waals surface area contributed by atoms with Crippen LogP contribution in [0.5, 0.6) is 0 Å². The van der Waals surface area contributed by atoms with Gasteiger partial charge in [0.15, 0.2) is 0 Å². The van der Waals surface area contributed by atoms with E-state index in [1.54, 1.807) is 12.4 Å². The number of benzene rings is 1. The van der Waals surface area contributed by atoms with Gasteiger partial charge in [-0.2, -0.15) is 10.2 Å². The van der Waals surface area contributed by atoms with E-state index >= 15 is 0 Å². The summed E-state index contributed by atoms with van der Waals surface area (Å²) in [6.45, 7) is 1.67. The minimum Gasteiger partial charge on any atom is -0.312 e. The van der Waals surface area contributed by atoms with Crippen molar-refractivity contribution in [3.63, 3.8) is 0 Å². The Hall–Kier alpha value is -3.25. The van der Waals surface area contributed by atoms with Gasteiger partial charge in [0.1, 0.15) is 0 Å². The molecule has 130 valence electrons. The molecule has 0 aliphatic rings. The van der Waals surface area contributed by atoms with Crippen molar-refractivity contribution in [2.75, 3.05) is 6.54 Å². The van der Waals surface area contributed by atoms with Gasteiger partial charge in [0.25, 0.3) is 0 Å². The number of nitrogens with one attached hydrogen (secondary N) is 2. The van der Waals surface area contributed by atoms with E-state index in [1.807, 2.05) is 41.5 Å². The molecule has 0 atom stereocenters. The highest BCUT2D eigenvalue weighted by atomic mass is 15.3. The summed E-state index contributed by atoms with van der Waals surface area (Å²) < 4.78 is 1.86. The van der Waals surface area contributed by atoms with Crippen LogP contribution in [0.2, 0.25) is 0 Å². The van der Waals surface area contributed by atoms with Crippen LogP contribution in [-0.2, 0) is 13.0 Å². The molecule has 3 heterocycles. The highest BCUT2D eigenvalue weighted by Crippen LogP contribution is 2.19. The second kappa shape index (κ2) is 7.76. The Morgan fingerprint density at radius 1 is 1.00 bits per heavy atom. The van der Waals surface area contributed by atoms with E-state index < -0.39 is 0 Å². The maximum atomic E-state index is 4.24. The molecule has 0 fully saturated rings. The third-order valence-corrected chi connectivity index (χ3v) is 4.28. The van der Waals surface area contributed by atoms with Crippen molar-refractivity contribution in [3.8, 4) is 16.9 Å². The highest BCUT2D eigenvalue weighted by Gasteiger charge is 2.07. The molecule has 6 heteroatoms. The fraction of sp³-hybridized carbons (Fsp3) is 0.150. The SMILES string of the molecule is c1cncc(-c2[nH]ncc2CNCCc2ccc(-n3cccn3)cc2)c1. The second-order valence-corrected chi connectivity index (χ2v) is 6.06. The zero-order chi connectivity index (χ0) is 17.6. The van der Waals surface area contributed by atoms with E-state index in [0.717, 1.165) is 42.0 Å². The van der Waals surface area contributed by atoms with Crippen LogP contribution in [0.15, 0.2) is 73.4 Å². The Labute approximate surface area is 151 Å². The number of hydrogen-bond acceptors (Lipinski definition) is 4. The maximum absolute atomic E-state index is 4.24. The van der Waals surface area contributed by atoms with Crippen molar-refractivity contribution >= 4 is 0 Å². The maximum Gasteiger partial charge on any atom is 0.0710 e. The molecule has 3 aromatic heterocycles. The van der Waals surface area contributed by atoms with E-state index in [1.165, 1.54) is 5.56 Å². The molecule has 4 rings (SSSR count). The van der Waals surface area contributed by atoms with Gasteiger partial charge in [-0.25, -0.2) is 4.68 Å². The van der Waals surface area contributed by atoms with Crippen LogP contribution in [0.4, 0.5) is 0 Å². The minimum atomic E-state index is 0.770. The van der Waals surface area contributed by atoms with Gasteiger partial charge in [-0.15, -0.1) is 0 Å². The fourth-order valence-corrected chi connectivity index (χ4v) is 2.90. The summed E-state index contributed by atoms with van der Waals surface area (Å²) in [4.78, 5) is 4.17. The summed E-state index contributed by atoms with van der Waals surface area (Å²) in [7, 11) is 0. The van der Waals surface area contributed by atoms with E-state index in [4.69, 9.17) is 0 Å². The third kappa shape index (κ3) is 3.70. The second-order valence-electron chi connectivity index (χ2n) is 6.06. The first-order valence-corrected chi connectivity index (χ1v) is 8.62. The monoisotopic (exact) mass is 344 g/mol. The lowest BCUT2D eigenvalue weighted by atomic mass is 10.1. The number of pyridine rings is 1. The Bertz CT molecular complexity index is 926. The number of rotatable bonds is 7. The summed E-state index contributed by atoms with van der Waals surface area (Å²) in [5, 5.41) is 15.0. The molecule has 0 unspecified atom stereocenters. The Morgan fingerprint density at radius 2 is 1.92 bits per heavy atom. The molecule has 0 saturated carbocycles. The predicted molar refractivity (Wildman–Crippen MR) is 101 cm³/mol. The third-order valence-electron chi connectivity index (χ3n) is 4.28. The Kier molecular flexibility index (Phi) is 4.84. The Balaban J connectivity index is 1.30. The van der Waals surface area contributed by atoms with Crippen molar-refractivity contribution < 1.29 is 0 Å². The molecule has 0 aliphatic carbocycles. The average molecular weight is 344 g/mol. The van der Waals surface area contributed by atoms with Gasteiger partial charge in [-0.05, 0) is 48.9 Å². The van der Waals surface area contributed by atoms with Crippen LogP contribution in [-0.4, -0.2) is 31.5 Å². The van der Waals surface area contributed by atoms with Crippen LogP contribution >= 0.6 is 0 Å². The van der Waals surface area contributed by atoms with Crippen LogP contribution in [0.3, 0.4) is 0 Å². The molecule has 0 saturated heterocycles. The van der Waals surface area contributed by atoms with Crippen molar-refractivity contribution in [1.29, 1.82) is 0 Å². The average Bonchev–Trinajstić information content (AvgIpc) is 3.38. The first-order chi connectivity index (χ1) is 12.9. The fourth-order valence-electron chi connectivity index (χ4n) is 2.90. The lowest BCUT2D eigenvalue weighted by Gasteiger charge is -2.07. The summed E-state index contributed by atoms with van der Waals surface area (Å²) in [6, 6.07) is 14.4. The van der Waals surface area contributed by atoms with Gasteiger partial charge in [0.05, 0.1) is 17.6 Å². The number of H-pyrrole nitrogens is 1. The lowest BCUT2D eigenvalue weighted by Crippen LogP contribution is -2.16. The zero-order valence-electron chi connectivity index (χ0n) is 14.3. The molecular formula is C20H20N6. The number of aromatic amines is 1. The molecule has 0 aliphatic heterocycles. The first-order valence-electron chi connectivity index (χ1n) is 8.62. The normalized spacial score (nSPS) is 10.9. The molecule has 0 spiro atoms. The van der Waals surface area contributed by atoms with Crippen LogP contribution in [0.25, 0.3) is 16.9 Å². The van der Waals surface area contributed by atoms with E-state index in [0.29, 0.717) is 0 Å². The molecule has 1 aromatic carbocycles. The number of aromatic nitrogens is 5. The van der Waals surface area contributed by atoms with E-state index in [-0.39, 0.29) is 0 Å². The topological polar surface area (TPSA) is 71.4 Å². The molecule has 0 radical (unpaired) electrons. The number of nitrogens with zero attached hydrogens (tertiary/aromatic N) is 4. The van der Waals surface area contributed by atoms with E-state index in [9.17, 15) is 0 Å². The molecule has 2 N–H and O–H groups in total. The van der Waals surface area contributed by atoms with Crippen molar-refractivity contribution in [1.82, 2.24) is 30.3 Å². The summed E-state index contributed by atoms with van der Waals surface area (Å²) in [5.41, 5.74) is 5.59. The summed E-state index contributed by atoms with van der Waals surface area (Å²) in [5.74, 6) is 0. The van der Waals surface area contributed by atoms with Gasteiger partial charge in [0.2, 0.25) is 0 Å². The van der Waals surface area contributed by atoms with Gasteiger partial charge >= 0.3 is 0 Å². The quantitative estimate of drug-likeness (QED) is 0.506. The van der Waals surface area contributed by atoms with Crippen molar-refractivity contribution in [2.45, 2.75) is 13.0 Å². The van der Waals surface area contributed by atoms with Crippen LogP contribution in [0, 0.1) is 0 Å². The van der Waals surface area contributed by atoms with Gasteiger partial charge < -0.3 is 5.32 Å². The van der Waals surface area contributed by atoms with Crippen molar-refractivity contribution in [3.05, 3.63) is 84.6 Å². The lowest BCUT2D eigenvalue weighted by molar-refractivity contribution is 0.688. The standard InChI is InChI=1S/C20H20N6/c1-3-17(13-21-9-1)20-18(15-23-25-20)14-22-11-8-16-4-6-19(7-5-16)26-12-2-10-24-26/h1-7,9-10,12-13,15,22H,8,11,14H2,(H,23,25). The molecule has 4 aromatic rings. The smallest absolute Gasteiger partial charge is 0.0710 e. The molecule has 0 amide bonds. The summed E-state index contributed by atoms with van der Waals surface area (Å²) in [6.07, 6.45) is 10.2. The zero-order valence-corrected chi connectivity index (χ0v) is 14.3. The number of hydrogen-bond donors (Lipinski definition) is 2.